The number of rotatable bonds is 5. The zero-order valence-electron chi connectivity index (χ0n) is 8.30. The SMILES string of the molecule is COC(=O)CCC/C=C/[B-](F)(F)F.[K+]. The molecule has 0 bridgehead atoms. The third kappa shape index (κ3) is 12.7. The van der Waals surface area contributed by atoms with Crippen LogP contribution in [0.5, 0.6) is 0 Å². The maximum Gasteiger partial charge on any atom is 1.00 e. The number of methoxy groups -OCH3 is 1. The molecule has 14 heavy (non-hydrogen) atoms. The molecule has 0 N–H and O–H groups in total. The number of carbonyl (C=O) groups is 1. The van der Waals surface area contributed by atoms with E-state index in [0.717, 1.165) is 6.08 Å². The first-order chi connectivity index (χ1) is 5.95. The molecule has 0 aromatic rings. The molecule has 0 rings (SSSR count). The van der Waals surface area contributed by atoms with Crippen LogP contribution in [0.4, 0.5) is 12.9 Å². The monoisotopic (exact) mass is 234 g/mol. The van der Waals surface area contributed by atoms with E-state index in [0.29, 0.717) is 6.42 Å². The number of carbonyl (C=O) groups excluding carboxylic acids is 1. The first-order valence-corrected chi connectivity index (χ1v) is 3.90. The summed E-state index contributed by atoms with van der Waals surface area (Å²) in [5, 5.41) is 0. The van der Waals surface area contributed by atoms with Gasteiger partial charge >= 0.3 is 64.3 Å². The third-order valence-electron chi connectivity index (χ3n) is 1.33. The fourth-order valence-electron chi connectivity index (χ4n) is 0.717. The van der Waals surface area contributed by atoms with Crippen molar-refractivity contribution in [3.63, 3.8) is 0 Å². The van der Waals surface area contributed by atoms with Crippen LogP contribution in [0.25, 0.3) is 0 Å². The number of hydrogen-bond donors (Lipinski definition) is 0. The molecule has 0 fully saturated rings. The van der Waals surface area contributed by atoms with E-state index in [2.05, 4.69) is 4.74 Å². The first kappa shape index (κ1) is 17.1. The predicted molar refractivity (Wildman–Crippen MR) is 44.1 cm³/mol. The van der Waals surface area contributed by atoms with E-state index in [1.54, 1.807) is 0 Å². The summed E-state index contributed by atoms with van der Waals surface area (Å²) < 4.78 is 39.1. The molecule has 0 aromatic carbocycles. The average Bonchev–Trinajstić information content (AvgIpc) is 2.01. The molecule has 0 aliphatic heterocycles. The summed E-state index contributed by atoms with van der Waals surface area (Å²) >= 11 is 0. The normalized spacial score (nSPS) is 11.1. The minimum Gasteiger partial charge on any atom is -0.469 e. The van der Waals surface area contributed by atoms with E-state index < -0.39 is 12.9 Å². The Bertz CT molecular complexity index is 194. The molecule has 2 nitrogen and oxygen atoms in total. The van der Waals surface area contributed by atoms with E-state index in [1.807, 2.05) is 0 Å². The van der Waals surface area contributed by atoms with Crippen molar-refractivity contribution in [3.05, 3.63) is 12.1 Å². The molecular formula is C7H11BF3KO2. The Kier molecular flexibility index (Phi) is 11.0. The summed E-state index contributed by atoms with van der Waals surface area (Å²) in [6, 6.07) is 0. The number of halogens is 3. The standard InChI is InChI=1S/C7H11BF3O2.K/c1-13-7(12)5-3-2-4-6-8(9,10)11;/h4,6H,2-3,5H2,1H3;/q-1;+1/b6-4+;. The zero-order valence-corrected chi connectivity index (χ0v) is 11.4. The van der Waals surface area contributed by atoms with Gasteiger partial charge in [-0.15, -0.1) is 12.1 Å². The predicted octanol–water partition coefficient (Wildman–Crippen LogP) is -0.724. The molecule has 76 valence electrons. The van der Waals surface area contributed by atoms with E-state index in [4.69, 9.17) is 0 Å². The second-order valence-electron chi connectivity index (χ2n) is 2.52. The minimum atomic E-state index is -4.84. The van der Waals surface area contributed by atoms with Gasteiger partial charge in [0.15, 0.2) is 0 Å². The van der Waals surface area contributed by atoms with Crippen LogP contribution in [0, 0.1) is 0 Å². The van der Waals surface area contributed by atoms with Crippen LogP contribution in [0.3, 0.4) is 0 Å². The van der Waals surface area contributed by atoms with Crippen LogP contribution in [-0.2, 0) is 9.53 Å². The largest absolute Gasteiger partial charge is 1.00 e. The molecule has 0 unspecified atom stereocenters. The van der Waals surface area contributed by atoms with E-state index in [9.17, 15) is 17.7 Å². The van der Waals surface area contributed by atoms with Crippen LogP contribution < -0.4 is 51.4 Å². The van der Waals surface area contributed by atoms with Gasteiger partial charge < -0.3 is 17.7 Å². The van der Waals surface area contributed by atoms with Gasteiger partial charge in [0.1, 0.15) is 0 Å². The van der Waals surface area contributed by atoms with Gasteiger partial charge in [0, 0.05) is 6.42 Å². The summed E-state index contributed by atoms with van der Waals surface area (Å²) in [5.74, 6) is -0.164. The van der Waals surface area contributed by atoms with Gasteiger partial charge in [0.05, 0.1) is 7.11 Å². The second kappa shape index (κ2) is 8.97. The summed E-state index contributed by atoms with van der Waals surface area (Å²) in [6.45, 7) is -4.84. The van der Waals surface area contributed by atoms with Crippen molar-refractivity contribution < 1.29 is 73.9 Å². The number of unbranched alkanes of at least 4 members (excludes halogenated alkanes) is 1. The summed E-state index contributed by atoms with van der Waals surface area (Å²) in [4.78, 5) is 10.5. The Hall–Kier alpha value is 0.701. The summed E-state index contributed by atoms with van der Waals surface area (Å²) in [5.41, 5.74) is 0. The Morgan fingerprint density at radius 2 is 2.00 bits per heavy atom. The molecule has 0 amide bonds. The van der Waals surface area contributed by atoms with Gasteiger partial charge in [0.25, 0.3) is 0 Å². The molecule has 0 spiro atoms. The van der Waals surface area contributed by atoms with Gasteiger partial charge in [0.2, 0.25) is 0 Å². The summed E-state index contributed by atoms with van der Waals surface area (Å²) in [6.07, 6.45) is 1.82. The fraction of sp³-hybridized carbons (Fsp3) is 0.571. The van der Waals surface area contributed by atoms with Gasteiger partial charge in [-0.3, -0.25) is 4.79 Å². The van der Waals surface area contributed by atoms with E-state index in [-0.39, 0.29) is 70.2 Å². The fourth-order valence-corrected chi connectivity index (χ4v) is 0.717. The Morgan fingerprint density at radius 3 is 2.43 bits per heavy atom. The van der Waals surface area contributed by atoms with Gasteiger partial charge in [-0.05, 0) is 12.8 Å². The molecule has 0 aliphatic rings. The smallest absolute Gasteiger partial charge is 0.469 e. The minimum absolute atomic E-state index is 0. The third-order valence-corrected chi connectivity index (χ3v) is 1.33. The molecule has 0 radical (unpaired) electrons. The zero-order chi connectivity index (χ0) is 10.3. The number of esters is 1. The van der Waals surface area contributed by atoms with Crippen molar-refractivity contribution in [3.8, 4) is 0 Å². The molecule has 0 aromatic heterocycles. The van der Waals surface area contributed by atoms with Crippen molar-refractivity contribution in [2.45, 2.75) is 19.3 Å². The Morgan fingerprint density at radius 1 is 1.43 bits per heavy atom. The molecule has 0 aliphatic carbocycles. The van der Waals surface area contributed by atoms with Crippen molar-refractivity contribution in [1.82, 2.24) is 0 Å². The van der Waals surface area contributed by atoms with Gasteiger partial charge in [-0.1, -0.05) is 0 Å². The molecule has 0 heterocycles. The van der Waals surface area contributed by atoms with Crippen LogP contribution in [0.15, 0.2) is 12.1 Å². The van der Waals surface area contributed by atoms with E-state index >= 15 is 0 Å². The number of ether oxygens (including phenoxy) is 1. The maximum atomic E-state index is 11.6. The first-order valence-electron chi connectivity index (χ1n) is 3.90. The van der Waals surface area contributed by atoms with Crippen LogP contribution in [0.2, 0.25) is 0 Å². The van der Waals surface area contributed by atoms with Crippen LogP contribution in [-0.4, -0.2) is 20.1 Å². The molecule has 7 heteroatoms. The van der Waals surface area contributed by atoms with Crippen molar-refractivity contribution in [1.29, 1.82) is 0 Å². The van der Waals surface area contributed by atoms with Crippen molar-refractivity contribution in [2.24, 2.45) is 0 Å². The van der Waals surface area contributed by atoms with Crippen LogP contribution >= 0.6 is 0 Å². The maximum absolute atomic E-state index is 11.6. The average molecular weight is 234 g/mol. The van der Waals surface area contributed by atoms with Gasteiger partial charge in [-0.25, -0.2) is 0 Å². The molecule has 0 saturated carbocycles. The number of allylic oxidation sites excluding steroid dienone is 1. The Balaban J connectivity index is 0. The van der Waals surface area contributed by atoms with Crippen molar-refractivity contribution in [2.75, 3.05) is 7.11 Å². The molecule has 0 saturated heterocycles. The van der Waals surface area contributed by atoms with Crippen molar-refractivity contribution >= 4 is 12.9 Å². The topological polar surface area (TPSA) is 26.3 Å². The number of hydrogen-bond acceptors (Lipinski definition) is 2. The Labute approximate surface area is 124 Å². The van der Waals surface area contributed by atoms with E-state index in [1.165, 1.54) is 7.11 Å². The van der Waals surface area contributed by atoms with Gasteiger partial charge in [-0.2, -0.15) is 0 Å². The second-order valence-corrected chi connectivity index (χ2v) is 2.52. The summed E-state index contributed by atoms with van der Waals surface area (Å²) in [7, 11) is 1.25. The molecule has 0 atom stereocenters. The van der Waals surface area contributed by atoms with Crippen LogP contribution in [0.1, 0.15) is 19.3 Å². The quantitative estimate of drug-likeness (QED) is 0.356. The molecular weight excluding hydrogens is 223 g/mol.